The summed E-state index contributed by atoms with van der Waals surface area (Å²) in [4.78, 5) is 76.8. The number of hydrogen-bond donors (Lipinski definition) is 0. The average Bonchev–Trinajstić information content (AvgIpc) is 0.850. The highest BCUT2D eigenvalue weighted by atomic mass is 79.9. The van der Waals surface area contributed by atoms with Gasteiger partial charge in [0.1, 0.15) is 23.3 Å². The van der Waals surface area contributed by atoms with Crippen LogP contribution in [0.2, 0.25) is 0 Å². The molecule has 2 atom stereocenters. The van der Waals surface area contributed by atoms with Gasteiger partial charge in [0.25, 0.3) is 0 Å². The molecular weight excluding hydrogens is 1300 g/mol. The van der Waals surface area contributed by atoms with Crippen molar-refractivity contribution in [2.45, 2.75) is 63.5 Å². The van der Waals surface area contributed by atoms with Crippen molar-refractivity contribution in [1.82, 2.24) is 39.4 Å². The van der Waals surface area contributed by atoms with E-state index in [4.69, 9.17) is 9.47 Å². The third kappa shape index (κ3) is 21.6. The smallest absolute Gasteiger partial charge is 0.416 e. The number of pyridine rings is 2. The number of piperazine rings is 2. The highest BCUT2D eigenvalue weighted by Gasteiger charge is 2.37. The molecule has 2 saturated heterocycles. The number of aromatic nitrogens is 2. The van der Waals surface area contributed by atoms with Crippen LogP contribution in [0.15, 0.2) is 223 Å². The van der Waals surface area contributed by atoms with E-state index >= 15 is 0 Å². The maximum atomic E-state index is 14.4. The van der Waals surface area contributed by atoms with Crippen LogP contribution in [0.4, 0.5) is 26.3 Å². The predicted octanol–water partition coefficient (Wildman–Crippen LogP) is 13.0. The lowest BCUT2D eigenvalue weighted by Gasteiger charge is -2.39. The lowest BCUT2D eigenvalue weighted by atomic mass is 10.0. The highest BCUT2D eigenvalue weighted by Crippen LogP contribution is 2.31. The Morgan fingerprint density at radius 3 is 1.19 bits per heavy atom. The van der Waals surface area contributed by atoms with Crippen LogP contribution in [-0.2, 0) is 75.3 Å². The minimum absolute atomic E-state index is 0.0682. The minimum Gasteiger partial charge on any atom is -0.475 e. The number of halogens is 7. The van der Waals surface area contributed by atoms with Gasteiger partial charge in [0.05, 0.1) is 17.7 Å². The summed E-state index contributed by atoms with van der Waals surface area (Å²) < 4.78 is 89.8. The Labute approximate surface area is 564 Å². The average molecular weight is 1380 g/mol. The lowest BCUT2D eigenvalue weighted by molar-refractivity contribution is -0.145. The monoisotopic (exact) mass is 1380 g/mol. The van der Waals surface area contributed by atoms with Crippen LogP contribution in [0.25, 0.3) is 12.2 Å². The van der Waals surface area contributed by atoms with Gasteiger partial charge in [-0.05, 0) is 103 Å². The number of alkyl halides is 6. The van der Waals surface area contributed by atoms with Crippen molar-refractivity contribution in [3.8, 4) is 5.88 Å². The first-order valence-electron chi connectivity index (χ1n) is 31.5. The van der Waals surface area contributed by atoms with Crippen molar-refractivity contribution >= 4 is 51.7 Å². The molecule has 2 aromatic heterocycles. The summed E-state index contributed by atoms with van der Waals surface area (Å²) in [5.41, 5.74) is 4.94. The number of rotatable bonds is 24. The molecular formula is C75H75BrF6N8O6. The van der Waals surface area contributed by atoms with E-state index in [0.717, 1.165) is 54.0 Å². The molecule has 0 bridgehead atoms. The molecule has 10 rings (SSSR count). The number of benzene rings is 6. The largest absolute Gasteiger partial charge is 0.475 e. The van der Waals surface area contributed by atoms with Gasteiger partial charge >= 0.3 is 12.4 Å². The van der Waals surface area contributed by atoms with Crippen LogP contribution < -0.4 is 4.74 Å². The molecule has 6 aromatic carbocycles. The van der Waals surface area contributed by atoms with Gasteiger partial charge < -0.3 is 29.1 Å². The quantitative estimate of drug-likeness (QED) is 0.0249. The van der Waals surface area contributed by atoms with E-state index in [1.807, 2.05) is 113 Å². The van der Waals surface area contributed by atoms with Crippen LogP contribution in [0.1, 0.15) is 55.6 Å². The molecule has 500 valence electrons. The zero-order valence-electron chi connectivity index (χ0n) is 53.1. The van der Waals surface area contributed by atoms with Crippen LogP contribution in [0.3, 0.4) is 0 Å². The van der Waals surface area contributed by atoms with Crippen molar-refractivity contribution < 1.29 is 55.0 Å². The zero-order chi connectivity index (χ0) is 67.9. The first-order chi connectivity index (χ1) is 46.3. The van der Waals surface area contributed by atoms with Crippen LogP contribution in [0.5, 0.6) is 5.88 Å². The Bertz CT molecular complexity index is 3790. The molecule has 0 spiro atoms. The van der Waals surface area contributed by atoms with Gasteiger partial charge in [-0.2, -0.15) is 26.3 Å². The summed E-state index contributed by atoms with van der Waals surface area (Å²) in [6, 6.07) is 54.0. The maximum Gasteiger partial charge on any atom is 0.416 e. The van der Waals surface area contributed by atoms with E-state index in [1.54, 1.807) is 37.7 Å². The summed E-state index contributed by atoms with van der Waals surface area (Å²) in [7, 11) is 1.58. The molecule has 0 aliphatic carbocycles. The van der Waals surface area contributed by atoms with Crippen molar-refractivity contribution in [2.75, 3.05) is 72.7 Å². The minimum atomic E-state index is -4.47. The first kappa shape index (κ1) is 71.0. The molecule has 4 amide bonds. The van der Waals surface area contributed by atoms with E-state index in [-0.39, 0.29) is 31.3 Å². The summed E-state index contributed by atoms with van der Waals surface area (Å²) in [5, 5.41) is 0. The number of ether oxygens (including phenoxy) is 2. The fourth-order valence-electron chi connectivity index (χ4n) is 11.2. The van der Waals surface area contributed by atoms with Crippen LogP contribution >= 0.6 is 15.9 Å². The predicted molar refractivity (Wildman–Crippen MR) is 360 cm³/mol. The number of hydrogen-bond acceptors (Lipinski definition) is 10. The summed E-state index contributed by atoms with van der Waals surface area (Å²) >= 11 is 3.34. The van der Waals surface area contributed by atoms with Crippen molar-refractivity contribution in [2.24, 2.45) is 0 Å². The fraction of sp³-hybridized carbons (Fsp3) is 0.280. The summed E-state index contributed by atoms with van der Waals surface area (Å²) in [5.74, 6) is -0.806. The van der Waals surface area contributed by atoms with Gasteiger partial charge in [0, 0.05) is 129 Å². The first-order valence-corrected chi connectivity index (χ1v) is 32.3. The molecule has 0 radical (unpaired) electrons. The Balaban J connectivity index is 0.000000226. The Hall–Kier alpha value is -9.28. The van der Waals surface area contributed by atoms with E-state index in [0.29, 0.717) is 99.2 Å². The van der Waals surface area contributed by atoms with Gasteiger partial charge in [0.2, 0.25) is 29.5 Å². The molecule has 4 heterocycles. The fourth-order valence-corrected chi connectivity index (χ4v) is 11.4. The van der Waals surface area contributed by atoms with Gasteiger partial charge in [-0.25, -0.2) is 9.97 Å². The Morgan fingerprint density at radius 2 is 0.844 bits per heavy atom. The second-order valence-corrected chi connectivity index (χ2v) is 24.1. The molecule has 8 aromatic rings. The van der Waals surface area contributed by atoms with E-state index in [9.17, 15) is 45.5 Å². The maximum absolute atomic E-state index is 14.4. The number of carbonyl (C=O) groups is 4. The lowest BCUT2D eigenvalue weighted by Crippen LogP contribution is -2.56. The zero-order valence-corrected chi connectivity index (χ0v) is 54.7. The summed E-state index contributed by atoms with van der Waals surface area (Å²) in [6.45, 7) is 7.37. The molecule has 0 N–H and O–H groups in total. The van der Waals surface area contributed by atoms with E-state index in [1.165, 1.54) is 69.5 Å². The standard InChI is InChI=1S/C39H41F3N4O4.C36H34BrF3N4O2/c1-49-24-25-50-36-18-14-33(27-43-36)29-46(37(47)19-15-30-12-16-34(17-13-30)39(40,41)42)35(26-31-8-4-2-5-9-31)38(48)45-22-20-44(21-23-45)28-32-10-6-3-7-11-32;37-33-17-13-30(24-41-33)26-44(34(45)18-14-27-11-15-31(16-12-27)36(38,39)40)32(23-28-7-3-1-4-8-28)35(46)43-21-19-42(20-22-43)25-29-9-5-2-6-10-29/h2-19,27,35H,20-26,28-29H2,1H3;1-18,24,32H,19-23,25-26H2/b19-15+;18-14+/t35-;32-/m00/s1. The highest BCUT2D eigenvalue weighted by molar-refractivity contribution is 9.10. The summed E-state index contributed by atoms with van der Waals surface area (Å²) in [6.07, 6.45) is 0.471. The topological polar surface area (TPSA) is 132 Å². The molecule has 0 saturated carbocycles. The second-order valence-electron chi connectivity index (χ2n) is 23.3. The molecule has 14 nitrogen and oxygen atoms in total. The number of amides is 4. The van der Waals surface area contributed by atoms with Crippen LogP contribution in [0, 0.1) is 0 Å². The van der Waals surface area contributed by atoms with Gasteiger partial charge in [-0.15, -0.1) is 0 Å². The van der Waals surface area contributed by atoms with E-state index in [2.05, 4.69) is 60.0 Å². The Kier molecular flexibility index (Phi) is 25.8. The van der Waals surface area contributed by atoms with Gasteiger partial charge in [0.15, 0.2) is 0 Å². The molecule has 96 heavy (non-hydrogen) atoms. The molecule has 0 unspecified atom stereocenters. The molecule has 2 fully saturated rings. The van der Waals surface area contributed by atoms with Crippen molar-refractivity contribution in [3.63, 3.8) is 0 Å². The SMILES string of the molecule is COCCOc1ccc(CN(C(=O)/C=C/c2ccc(C(F)(F)F)cc2)[C@@H](Cc2ccccc2)C(=O)N2CCN(Cc3ccccc3)CC2)cn1.O=C([C@H](Cc1ccccc1)N(Cc1ccc(Br)nc1)C(=O)/C=C/c1ccc(C(F)(F)F)cc1)N1CCN(Cc2ccccc2)CC1. The number of methoxy groups -OCH3 is 1. The number of nitrogens with zero attached hydrogens (tertiary/aromatic N) is 8. The third-order valence-electron chi connectivity index (χ3n) is 16.4. The van der Waals surface area contributed by atoms with Gasteiger partial charge in [-0.3, -0.25) is 29.0 Å². The molecule has 2 aliphatic heterocycles. The van der Waals surface area contributed by atoms with Crippen molar-refractivity contribution in [1.29, 1.82) is 0 Å². The third-order valence-corrected chi connectivity index (χ3v) is 16.9. The normalized spacial score (nSPS) is 14.6. The van der Waals surface area contributed by atoms with Crippen LogP contribution in [-0.4, -0.2) is 148 Å². The van der Waals surface area contributed by atoms with E-state index < -0.39 is 47.4 Å². The van der Waals surface area contributed by atoms with Gasteiger partial charge in [-0.1, -0.05) is 158 Å². The second kappa shape index (κ2) is 34.9. The Morgan fingerprint density at radius 1 is 0.469 bits per heavy atom. The van der Waals surface area contributed by atoms with Crippen molar-refractivity contribution in [3.05, 3.63) is 279 Å². The molecule has 21 heteroatoms. The molecule has 2 aliphatic rings. The number of carbonyl (C=O) groups excluding carboxylic acids is 4.